The standard InChI is InChI=1S/C35H22ClN3/c36-35-38-33(37-34(39-35)30-18-10-9-16-27(30)23-11-3-1-4-12-23)26-19-20-29-28-17-8-7-15-25(28)21-31(32(29)22-26)24-13-5-2-6-14-24/h1-22H. The maximum atomic E-state index is 6.51. The quantitative estimate of drug-likeness (QED) is 0.217. The van der Waals surface area contributed by atoms with Gasteiger partial charge in [-0.3, -0.25) is 0 Å². The first kappa shape index (κ1) is 23.3. The number of hydrogen-bond donors (Lipinski definition) is 0. The van der Waals surface area contributed by atoms with Crippen LogP contribution in [0.5, 0.6) is 0 Å². The van der Waals surface area contributed by atoms with Gasteiger partial charge in [0.25, 0.3) is 0 Å². The molecule has 0 spiro atoms. The van der Waals surface area contributed by atoms with Crippen LogP contribution in [-0.4, -0.2) is 15.0 Å². The van der Waals surface area contributed by atoms with Crippen LogP contribution in [0.2, 0.25) is 5.28 Å². The lowest BCUT2D eigenvalue weighted by Crippen LogP contribution is -1.98. The summed E-state index contributed by atoms with van der Waals surface area (Å²) in [6.45, 7) is 0. The third-order valence-corrected chi connectivity index (χ3v) is 7.23. The molecule has 0 saturated carbocycles. The fourth-order valence-corrected chi connectivity index (χ4v) is 5.41. The van der Waals surface area contributed by atoms with Crippen LogP contribution in [0.4, 0.5) is 0 Å². The third kappa shape index (κ3) is 4.33. The summed E-state index contributed by atoms with van der Waals surface area (Å²) in [6, 6.07) is 46.0. The van der Waals surface area contributed by atoms with Crippen molar-refractivity contribution >= 4 is 33.1 Å². The number of fused-ring (bicyclic) bond motifs is 3. The van der Waals surface area contributed by atoms with E-state index in [9.17, 15) is 0 Å². The third-order valence-electron chi connectivity index (χ3n) is 7.06. The molecule has 0 aliphatic carbocycles. The molecule has 0 N–H and O–H groups in total. The van der Waals surface area contributed by atoms with E-state index < -0.39 is 0 Å². The molecule has 0 saturated heterocycles. The summed E-state index contributed by atoms with van der Waals surface area (Å²) in [7, 11) is 0. The molecule has 1 aromatic heterocycles. The van der Waals surface area contributed by atoms with Gasteiger partial charge in [-0.15, -0.1) is 0 Å². The summed E-state index contributed by atoms with van der Waals surface area (Å²) < 4.78 is 0. The van der Waals surface area contributed by atoms with Crippen molar-refractivity contribution in [2.45, 2.75) is 0 Å². The van der Waals surface area contributed by atoms with E-state index in [4.69, 9.17) is 16.6 Å². The predicted octanol–water partition coefficient (Wildman–Crippen LogP) is 9.50. The van der Waals surface area contributed by atoms with E-state index in [1.807, 2.05) is 42.5 Å². The Hall–Kier alpha value is -4.86. The SMILES string of the molecule is Clc1nc(-c2ccc3c(c2)c(-c2ccccc2)cc2ccccc23)nc(-c2ccccc2-c2ccccc2)n1. The lowest BCUT2D eigenvalue weighted by Gasteiger charge is -2.13. The van der Waals surface area contributed by atoms with Gasteiger partial charge in [-0.25, -0.2) is 4.98 Å². The average molecular weight is 520 g/mol. The summed E-state index contributed by atoms with van der Waals surface area (Å²) in [6.07, 6.45) is 0. The monoisotopic (exact) mass is 519 g/mol. The Bertz CT molecular complexity index is 1970. The number of nitrogens with zero attached hydrogens (tertiary/aromatic N) is 3. The lowest BCUT2D eigenvalue weighted by molar-refractivity contribution is 1.07. The molecule has 0 amide bonds. The molecule has 0 bridgehead atoms. The second-order valence-electron chi connectivity index (χ2n) is 9.43. The van der Waals surface area contributed by atoms with Gasteiger partial charge >= 0.3 is 0 Å². The second-order valence-corrected chi connectivity index (χ2v) is 9.77. The van der Waals surface area contributed by atoms with Gasteiger partial charge in [0.1, 0.15) is 0 Å². The highest BCUT2D eigenvalue weighted by Crippen LogP contribution is 2.37. The van der Waals surface area contributed by atoms with Crippen LogP contribution in [-0.2, 0) is 0 Å². The van der Waals surface area contributed by atoms with Crippen molar-refractivity contribution in [2.75, 3.05) is 0 Å². The van der Waals surface area contributed by atoms with Crippen molar-refractivity contribution in [3.05, 3.63) is 139 Å². The largest absolute Gasteiger partial charge is 0.226 e. The summed E-state index contributed by atoms with van der Waals surface area (Å²) in [5, 5.41) is 4.91. The minimum absolute atomic E-state index is 0.166. The van der Waals surface area contributed by atoms with Gasteiger partial charge in [-0.1, -0.05) is 121 Å². The fraction of sp³-hybridized carbons (Fsp3) is 0. The molecule has 0 unspecified atom stereocenters. The Morgan fingerprint density at radius 1 is 0.385 bits per heavy atom. The number of hydrogen-bond acceptors (Lipinski definition) is 3. The van der Waals surface area contributed by atoms with Gasteiger partial charge in [0, 0.05) is 11.1 Å². The molecule has 39 heavy (non-hydrogen) atoms. The van der Waals surface area contributed by atoms with E-state index in [-0.39, 0.29) is 5.28 Å². The summed E-state index contributed by atoms with van der Waals surface area (Å²) in [5.41, 5.74) is 6.26. The van der Waals surface area contributed by atoms with Crippen molar-refractivity contribution in [3.63, 3.8) is 0 Å². The van der Waals surface area contributed by atoms with Crippen LogP contribution in [0.3, 0.4) is 0 Å². The van der Waals surface area contributed by atoms with Crippen LogP contribution < -0.4 is 0 Å². The lowest BCUT2D eigenvalue weighted by atomic mass is 9.92. The molecule has 7 aromatic rings. The van der Waals surface area contributed by atoms with E-state index in [0.29, 0.717) is 11.6 Å². The fourth-order valence-electron chi connectivity index (χ4n) is 5.25. The molecule has 3 nitrogen and oxygen atoms in total. The molecule has 0 fully saturated rings. The van der Waals surface area contributed by atoms with Crippen LogP contribution in [0.25, 0.3) is 66.6 Å². The molecule has 184 valence electrons. The maximum Gasteiger partial charge on any atom is 0.226 e. The first-order valence-electron chi connectivity index (χ1n) is 12.8. The molecule has 0 aliphatic rings. The van der Waals surface area contributed by atoms with E-state index in [1.54, 1.807) is 0 Å². The summed E-state index contributed by atoms with van der Waals surface area (Å²) >= 11 is 6.51. The van der Waals surface area contributed by atoms with Gasteiger partial charge in [0.15, 0.2) is 11.6 Å². The Balaban J connectivity index is 1.43. The first-order valence-corrected chi connectivity index (χ1v) is 13.2. The highest BCUT2D eigenvalue weighted by atomic mass is 35.5. The van der Waals surface area contributed by atoms with E-state index >= 15 is 0 Å². The van der Waals surface area contributed by atoms with Gasteiger partial charge in [-0.2, -0.15) is 9.97 Å². The highest BCUT2D eigenvalue weighted by molar-refractivity contribution is 6.28. The van der Waals surface area contributed by atoms with Crippen LogP contribution in [0.1, 0.15) is 0 Å². The zero-order valence-electron chi connectivity index (χ0n) is 20.9. The van der Waals surface area contributed by atoms with E-state index in [0.717, 1.165) is 33.2 Å². The molecule has 6 aromatic carbocycles. The van der Waals surface area contributed by atoms with Crippen molar-refractivity contribution < 1.29 is 0 Å². The van der Waals surface area contributed by atoms with Crippen LogP contribution in [0, 0.1) is 0 Å². The Labute approximate surface area is 231 Å². The minimum atomic E-state index is 0.166. The van der Waals surface area contributed by atoms with Gasteiger partial charge in [-0.05, 0) is 67.5 Å². The molecule has 0 aliphatic heterocycles. The first-order chi connectivity index (χ1) is 19.2. The van der Waals surface area contributed by atoms with Crippen molar-refractivity contribution in [2.24, 2.45) is 0 Å². The molecule has 0 radical (unpaired) electrons. The predicted molar refractivity (Wildman–Crippen MR) is 162 cm³/mol. The molecule has 7 rings (SSSR count). The molecular formula is C35H22ClN3. The van der Waals surface area contributed by atoms with Crippen LogP contribution in [0.15, 0.2) is 133 Å². The normalized spacial score (nSPS) is 11.2. The van der Waals surface area contributed by atoms with E-state index in [2.05, 4.69) is 101 Å². The second kappa shape index (κ2) is 9.79. The maximum absolute atomic E-state index is 6.51. The van der Waals surface area contributed by atoms with Crippen molar-refractivity contribution in [1.82, 2.24) is 15.0 Å². The Kier molecular flexibility index (Phi) is 5.84. The van der Waals surface area contributed by atoms with Gasteiger partial charge in [0.05, 0.1) is 0 Å². The topological polar surface area (TPSA) is 38.7 Å². The minimum Gasteiger partial charge on any atom is -0.208 e. The molecule has 1 heterocycles. The number of aromatic nitrogens is 3. The Morgan fingerprint density at radius 3 is 1.77 bits per heavy atom. The van der Waals surface area contributed by atoms with Crippen molar-refractivity contribution in [1.29, 1.82) is 0 Å². The van der Waals surface area contributed by atoms with Crippen molar-refractivity contribution in [3.8, 4) is 45.0 Å². The zero-order valence-corrected chi connectivity index (χ0v) is 21.7. The van der Waals surface area contributed by atoms with Gasteiger partial charge in [0.2, 0.25) is 5.28 Å². The number of benzene rings is 6. The summed E-state index contributed by atoms with van der Waals surface area (Å²) in [5.74, 6) is 1.09. The zero-order chi connectivity index (χ0) is 26.2. The smallest absolute Gasteiger partial charge is 0.208 e. The van der Waals surface area contributed by atoms with Crippen LogP contribution >= 0.6 is 11.6 Å². The summed E-state index contributed by atoms with van der Waals surface area (Å²) in [4.78, 5) is 14.0. The van der Waals surface area contributed by atoms with Gasteiger partial charge < -0.3 is 0 Å². The van der Waals surface area contributed by atoms with E-state index in [1.165, 1.54) is 21.7 Å². The Morgan fingerprint density at radius 2 is 1.00 bits per heavy atom. The molecular weight excluding hydrogens is 498 g/mol. The average Bonchev–Trinajstić information content (AvgIpc) is 3.01. The molecule has 4 heteroatoms. The number of rotatable bonds is 4. The number of halogens is 1. The highest BCUT2D eigenvalue weighted by Gasteiger charge is 2.15. The molecule has 0 atom stereocenters.